The van der Waals surface area contributed by atoms with Crippen molar-refractivity contribution < 1.29 is 0 Å². The highest BCUT2D eigenvalue weighted by molar-refractivity contribution is 7.24. The van der Waals surface area contributed by atoms with Gasteiger partial charge in [-0.15, -0.1) is 11.3 Å². The molecule has 0 unspecified atom stereocenters. The van der Waals surface area contributed by atoms with Crippen molar-refractivity contribution in [1.82, 2.24) is 4.98 Å². The summed E-state index contributed by atoms with van der Waals surface area (Å²) in [5, 5.41) is 1.02. The Morgan fingerprint density at radius 2 is 2.00 bits per heavy atom. The van der Waals surface area contributed by atoms with Crippen molar-refractivity contribution in [3.05, 3.63) is 17.1 Å². The summed E-state index contributed by atoms with van der Waals surface area (Å²) in [6.07, 6.45) is 1.91. The normalized spacial score (nSPS) is 10.6. The standard InChI is InChI=1S/C10H13N3S2/c1-6-7(11)4-8(14-6)9-5-12-10(15-9)13(2)3/h4-5H,11H2,1-3H3. The van der Waals surface area contributed by atoms with Crippen molar-refractivity contribution in [2.75, 3.05) is 24.7 Å². The lowest BCUT2D eigenvalue weighted by Crippen LogP contribution is -2.07. The third-order valence-corrected chi connectivity index (χ3v) is 4.50. The summed E-state index contributed by atoms with van der Waals surface area (Å²) in [6, 6.07) is 2.02. The smallest absolute Gasteiger partial charge is 0.185 e. The van der Waals surface area contributed by atoms with Gasteiger partial charge in [0.05, 0.1) is 4.88 Å². The second-order valence-electron chi connectivity index (χ2n) is 3.52. The lowest BCUT2D eigenvalue weighted by molar-refractivity contribution is 1.11. The van der Waals surface area contributed by atoms with Crippen LogP contribution in [-0.4, -0.2) is 19.1 Å². The van der Waals surface area contributed by atoms with Gasteiger partial charge in [0.1, 0.15) is 0 Å². The minimum Gasteiger partial charge on any atom is -0.398 e. The van der Waals surface area contributed by atoms with E-state index in [1.165, 1.54) is 14.6 Å². The van der Waals surface area contributed by atoms with Gasteiger partial charge >= 0.3 is 0 Å². The van der Waals surface area contributed by atoms with E-state index in [1.54, 1.807) is 22.7 Å². The van der Waals surface area contributed by atoms with Gasteiger partial charge in [-0.2, -0.15) is 0 Å². The summed E-state index contributed by atoms with van der Waals surface area (Å²) >= 11 is 3.41. The zero-order valence-corrected chi connectivity index (χ0v) is 10.6. The first-order valence-corrected chi connectivity index (χ1v) is 6.20. The van der Waals surface area contributed by atoms with Gasteiger partial charge in [0.2, 0.25) is 0 Å². The maximum Gasteiger partial charge on any atom is 0.185 e. The number of nitrogen functional groups attached to an aromatic ring is 1. The maximum absolute atomic E-state index is 5.83. The number of aryl methyl sites for hydroxylation is 1. The highest BCUT2D eigenvalue weighted by Crippen LogP contribution is 2.37. The van der Waals surface area contributed by atoms with Gasteiger partial charge in [-0.05, 0) is 13.0 Å². The Labute approximate surface area is 97.2 Å². The van der Waals surface area contributed by atoms with Crippen molar-refractivity contribution >= 4 is 33.5 Å². The van der Waals surface area contributed by atoms with E-state index < -0.39 is 0 Å². The largest absolute Gasteiger partial charge is 0.398 e. The fourth-order valence-electron chi connectivity index (χ4n) is 1.20. The molecule has 2 N–H and O–H groups in total. The highest BCUT2D eigenvalue weighted by Gasteiger charge is 2.09. The van der Waals surface area contributed by atoms with Gasteiger partial charge in [-0.3, -0.25) is 0 Å². The lowest BCUT2D eigenvalue weighted by atomic mass is 10.3. The molecule has 80 valence electrons. The van der Waals surface area contributed by atoms with Crippen LogP contribution in [0.3, 0.4) is 0 Å². The average Bonchev–Trinajstić information content (AvgIpc) is 2.74. The van der Waals surface area contributed by atoms with Gasteiger partial charge in [-0.25, -0.2) is 4.98 Å². The molecule has 5 heteroatoms. The number of rotatable bonds is 2. The van der Waals surface area contributed by atoms with Crippen LogP contribution in [0.5, 0.6) is 0 Å². The number of hydrogen-bond acceptors (Lipinski definition) is 5. The Morgan fingerprint density at radius 3 is 2.47 bits per heavy atom. The van der Waals surface area contributed by atoms with E-state index in [9.17, 15) is 0 Å². The van der Waals surface area contributed by atoms with Crippen molar-refractivity contribution in [1.29, 1.82) is 0 Å². The van der Waals surface area contributed by atoms with Crippen molar-refractivity contribution in [2.45, 2.75) is 6.92 Å². The van der Waals surface area contributed by atoms with Crippen LogP contribution >= 0.6 is 22.7 Å². The molecule has 0 aliphatic heterocycles. The summed E-state index contributed by atoms with van der Waals surface area (Å²) in [7, 11) is 3.99. The Balaban J connectivity index is 2.37. The topological polar surface area (TPSA) is 42.2 Å². The van der Waals surface area contributed by atoms with Crippen molar-refractivity contribution in [2.24, 2.45) is 0 Å². The molecule has 15 heavy (non-hydrogen) atoms. The molecule has 0 aliphatic carbocycles. The molecule has 0 bridgehead atoms. The third kappa shape index (κ3) is 1.98. The van der Waals surface area contributed by atoms with E-state index in [4.69, 9.17) is 5.73 Å². The first-order valence-electron chi connectivity index (χ1n) is 4.57. The summed E-state index contributed by atoms with van der Waals surface area (Å²) in [6.45, 7) is 2.04. The molecule has 2 rings (SSSR count). The van der Waals surface area contributed by atoms with E-state index in [1.807, 2.05) is 38.2 Å². The molecule has 0 saturated heterocycles. The maximum atomic E-state index is 5.83. The fraction of sp³-hybridized carbons (Fsp3) is 0.300. The van der Waals surface area contributed by atoms with Crippen LogP contribution < -0.4 is 10.6 Å². The van der Waals surface area contributed by atoms with Crippen LogP contribution in [-0.2, 0) is 0 Å². The molecule has 0 amide bonds. The van der Waals surface area contributed by atoms with Gasteiger partial charge in [-0.1, -0.05) is 11.3 Å². The molecule has 2 aromatic rings. The van der Waals surface area contributed by atoms with Crippen LogP contribution in [0.25, 0.3) is 9.75 Å². The first kappa shape index (κ1) is 10.4. The predicted molar refractivity (Wildman–Crippen MR) is 68.9 cm³/mol. The molecule has 0 radical (unpaired) electrons. The molecule has 0 saturated carbocycles. The molecular weight excluding hydrogens is 226 g/mol. The Morgan fingerprint density at radius 1 is 1.27 bits per heavy atom. The molecule has 2 heterocycles. The number of hydrogen-bond donors (Lipinski definition) is 1. The Kier molecular flexibility index (Phi) is 2.67. The number of thiophene rings is 1. The average molecular weight is 239 g/mol. The quantitative estimate of drug-likeness (QED) is 0.876. The van der Waals surface area contributed by atoms with Gasteiger partial charge in [0.25, 0.3) is 0 Å². The van der Waals surface area contributed by atoms with Crippen LogP contribution in [0.4, 0.5) is 10.8 Å². The number of anilines is 2. The molecule has 2 aromatic heterocycles. The van der Waals surface area contributed by atoms with E-state index in [2.05, 4.69) is 4.98 Å². The molecule has 0 aliphatic rings. The SMILES string of the molecule is Cc1sc(-c2cnc(N(C)C)s2)cc1N. The summed E-state index contributed by atoms with van der Waals surface area (Å²) in [4.78, 5) is 9.91. The Hall–Kier alpha value is -1.07. The first-order chi connectivity index (χ1) is 7.08. The van der Waals surface area contributed by atoms with E-state index in [0.717, 1.165) is 10.8 Å². The Bertz CT molecular complexity index is 451. The van der Waals surface area contributed by atoms with Crippen molar-refractivity contribution in [3.63, 3.8) is 0 Å². The second kappa shape index (κ2) is 3.83. The number of nitrogens with two attached hydrogens (primary N) is 1. The van der Waals surface area contributed by atoms with E-state index >= 15 is 0 Å². The van der Waals surface area contributed by atoms with Crippen LogP contribution in [0.2, 0.25) is 0 Å². The summed E-state index contributed by atoms with van der Waals surface area (Å²) < 4.78 is 0. The molecule has 0 atom stereocenters. The summed E-state index contributed by atoms with van der Waals surface area (Å²) in [5.74, 6) is 0. The second-order valence-corrected chi connectivity index (χ2v) is 5.79. The number of thiazole rings is 1. The minimum absolute atomic E-state index is 0.870. The van der Waals surface area contributed by atoms with Gasteiger partial charge < -0.3 is 10.6 Å². The summed E-state index contributed by atoms with van der Waals surface area (Å²) in [5.41, 5.74) is 6.70. The van der Waals surface area contributed by atoms with E-state index in [-0.39, 0.29) is 0 Å². The lowest BCUT2D eigenvalue weighted by Gasteiger charge is -2.04. The minimum atomic E-state index is 0.870. The van der Waals surface area contributed by atoms with Crippen LogP contribution in [0, 0.1) is 6.92 Å². The zero-order valence-electron chi connectivity index (χ0n) is 8.94. The molecule has 0 aromatic carbocycles. The number of nitrogens with zero attached hydrogens (tertiary/aromatic N) is 2. The van der Waals surface area contributed by atoms with Crippen LogP contribution in [0.1, 0.15) is 4.88 Å². The molecule has 0 spiro atoms. The molecule has 0 fully saturated rings. The van der Waals surface area contributed by atoms with Gasteiger partial charge in [0, 0.05) is 35.7 Å². The monoisotopic (exact) mass is 239 g/mol. The van der Waals surface area contributed by atoms with E-state index in [0.29, 0.717) is 0 Å². The zero-order chi connectivity index (χ0) is 11.0. The van der Waals surface area contributed by atoms with Crippen molar-refractivity contribution in [3.8, 4) is 9.75 Å². The highest BCUT2D eigenvalue weighted by atomic mass is 32.1. The fourth-order valence-corrected chi connectivity index (χ4v) is 3.05. The number of aromatic nitrogens is 1. The third-order valence-electron chi connectivity index (χ3n) is 2.08. The molecule has 3 nitrogen and oxygen atoms in total. The molecular formula is C10H13N3S2. The van der Waals surface area contributed by atoms with Crippen LogP contribution in [0.15, 0.2) is 12.3 Å². The predicted octanol–water partition coefficient (Wildman–Crippen LogP) is 2.83. The van der Waals surface area contributed by atoms with Gasteiger partial charge in [0.15, 0.2) is 5.13 Å².